The Balaban J connectivity index is 2.50. The first-order chi connectivity index (χ1) is 6.11. The van der Waals surface area contributed by atoms with Crippen LogP contribution in [0.4, 0.5) is 0 Å². The lowest BCUT2D eigenvalue weighted by atomic mass is 9.99. The summed E-state index contributed by atoms with van der Waals surface area (Å²) in [7, 11) is 0. The van der Waals surface area contributed by atoms with E-state index in [0.717, 1.165) is 17.9 Å². The Morgan fingerprint density at radius 2 is 2.31 bits per heavy atom. The minimum Gasteiger partial charge on any atom is -0.480 e. The fourth-order valence-electron chi connectivity index (χ4n) is 1.58. The van der Waals surface area contributed by atoms with Crippen LogP contribution in [0.15, 0.2) is 0 Å². The average molecular weight is 203 g/mol. The summed E-state index contributed by atoms with van der Waals surface area (Å²) in [5, 5.41) is 12.1. The van der Waals surface area contributed by atoms with E-state index in [1.807, 2.05) is 25.6 Å². The monoisotopic (exact) mass is 203 g/mol. The molecule has 13 heavy (non-hydrogen) atoms. The second-order valence-corrected chi connectivity index (χ2v) is 4.91. The van der Waals surface area contributed by atoms with Crippen LogP contribution >= 0.6 is 11.8 Å². The third kappa shape index (κ3) is 3.19. The zero-order valence-electron chi connectivity index (χ0n) is 8.12. The van der Waals surface area contributed by atoms with Gasteiger partial charge in [0.1, 0.15) is 6.04 Å². The van der Waals surface area contributed by atoms with Crippen LogP contribution in [0.3, 0.4) is 0 Å². The Bertz CT molecular complexity index is 178. The lowest BCUT2D eigenvalue weighted by molar-refractivity contribution is -0.140. The molecule has 0 aromatic rings. The smallest absolute Gasteiger partial charge is 0.321 e. The number of hydrogen-bond acceptors (Lipinski definition) is 3. The topological polar surface area (TPSA) is 49.3 Å². The third-order valence-electron chi connectivity index (χ3n) is 2.22. The number of carboxylic acid groups (broad SMARTS) is 1. The highest BCUT2D eigenvalue weighted by atomic mass is 32.2. The zero-order valence-corrected chi connectivity index (χ0v) is 8.93. The minimum atomic E-state index is -0.707. The van der Waals surface area contributed by atoms with Gasteiger partial charge in [0.15, 0.2) is 0 Å². The average Bonchev–Trinajstić information content (AvgIpc) is 2.50. The number of hydrogen-bond donors (Lipinski definition) is 2. The molecule has 0 saturated carbocycles. The van der Waals surface area contributed by atoms with E-state index in [0.29, 0.717) is 5.92 Å². The summed E-state index contributed by atoms with van der Waals surface area (Å²) < 4.78 is 0. The van der Waals surface area contributed by atoms with Crippen molar-refractivity contribution in [3.8, 4) is 0 Å². The number of thioether (sulfide) groups is 1. The number of nitrogens with one attached hydrogen (secondary N) is 1. The van der Waals surface area contributed by atoms with Gasteiger partial charge in [-0.05, 0) is 23.8 Å². The summed E-state index contributed by atoms with van der Waals surface area (Å²) in [6.07, 6.45) is 1.03. The number of carboxylic acids is 1. The van der Waals surface area contributed by atoms with Crippen LogP contribution in [0.5, 0.6) is 0 Å². The fourth-order valence-corrected chi connectivity index (χ4v) is 2.88. The van der Waals surface area contributed by atoms with Gasteiger partial charge in [0.25, 0.3) is 0 Å². The Morgan fingerprint density at radius 3 is 2.69 bits per heavy atom. The van der Waals surface area contributed by atoms with Gasteiger partial charge in [0, 0.05) is 6.04 Å². The van der Waals surface area contributed by atoms with E-state index in [2.05, 4.69) is 5.32 Å². The molecule has 0 radical (unpaired) electrons. The second-order valence-electron chi connectivity index (χ2n) is 3.76. The van der Waals surface area contributed by atoms with Crippen LogP contribution in [0.25, 0.3) is 0 Å². The van der Waals surface area contributed by atoms with Crippen molar-refractivity contribution in [3.05, 3.63) is 0 Å². The summed E-state index contributed by atoms with van der Waals surface area (Å²) in [6.45, 7) is 3.97. The highest BCUT2D eigenvalue weighted by Crippen LogP contribution is 2.26. The number of aliphatic carboxylic acids is 1. The van der Waals surface area contributed by atoms with Crippen molar-refractivity contribution >= 4 is 17.7 Å². The molecular formula is C9H17NO2S. The molecule has 1 fully saturated rings. The van der Waals surface area contributed by atoms with E-state index in [1.165, 1.54) is 0 Å². The van der Waals surface area contributed by atoms with Gasteiger partial charge in [-0.2, -0.15) is 11.8 Å². The van der Waals surface area contributed by atoms with Crippen molar-refractivity contribution in [1.82, 2.24) is 5.32 Å². The maximum atomic E-state index is 11.0. The van der Waals surface area contributed by atoms with Gasteiger partial charge in [-0.25, -0.2) is 0 Å². The molecule has 1 rings (SSSR count). The van der Waals surface area contributed by atoms with Gasteiger partial charge in [-0.3, -0.25) is 4.79 Å². The SMILES string of the molecule is CC(C)NC(C(=O)O)C1CCSC1. The van der Waals surface area contributed by atoms with E-state index in [1.54, 1.807) is 0 Å². The molecule has 0 bridgehead atoms. The predicted octanol–water partition coefficient (Wildman–Crippen LogP) is 1.19. The van der Waals surface area contributed by atoms with Gasteiger partial charge < -0.3 is 10.4 Å². The maximum Gasteiger partial charge on any atom is 0.321 e. The number of carbonyl (C=O) groups is 1. The van der Waals surface area contributed by atoms with Crippen LogP contribution in [0.1, 0.15) is 20.3 Å². The first kappa shape index (κ1) is 10.9. The van der Waals surface area contributed by atoms with Crippen LogP contribution in [-0.4, -0.2) is 34.7 Å². The summed E-state index contributed by atoms with van der Waals surface area (Å²) in [5.41, 5.74) is 0. The van der Waals surface area contributed by atoms with Gasteiger partial charge in [0.2, 0.25) is 0 Å². The molecule has 4 heteroatoms. The van der Waals surface area contributed by atoms with Gasteiger partial charge in [0.05, 0.1) is 0 Å². The van der Waals surface area contributed by atoms with Crippen LogP contribution < -0.4 is 5.32 Å². The zero-order chi connectivity index (χ0) is 9.84. The predicted molar refractivity (Wildman–Crippen MR) is 55.1 cm³/mol. The molecule has 0 spiro atoms. The van der Waals surface area contributed by atoms with E-state index in [9.17, 15) is 4.79 Å². The normalized spacial score (nSPS) is 25.0. The molecule has 0 amide bonds. The summed E-state index contributed by atoms with van der Waals surface area (Å²) in [5.74, 6) is 1.69. The Morgan fingerprint density at radius 1 is 1.62 bits per heavy atom. The fraction of sp³-hybridized carbons (Fsp3) is 0.889. The summed E-state index contributed by atoms with van der Waals surface area (Å²) in [6, 6.07) is -0.110. The lowest BCUT2D eigenvalue weighted by Gasteiger charge is -2.22. The molecular weight excluding hydrogens is 186 g/mol. The molecule has 3 nitrogen and oxygen atoms in total. The first-order valence-electron chi connectivity index (χ1n) is 4.68. The first-order valence-corrected chi connectivity index (χ1v) is 5.83. The molecule has 1 aliphatic rings. The third-order valence-corrected chi connectivity index (χ3v) is 3.40. The molecule has 0 aliphatic carbocycles. The van der Waals surface area contributed by atoms with E-state index >= 15 is 0 Å². The maximum absolute atomic E-state index is 11.0. The number of rotatable bonds is 4. The molecule has 1 saturated heterocycles. The summed E-state index contributed by atoms with van der Waals surface area (Å²) >= 11 is 1.85. The molecule has 0 aromatic heterocycles. The Kier molecular flexibility index (Phi) is 4.06. The van der Waals surface area contributed by atoms with Gasteiger partial charge >= 0.3 is 5.97 Å². The van der Waals surface area contributed by atoms with E-state index in [4.69, 9.17) is 5.11 Å². The largest absolute Gasteiger partial charge is 0.480 e. The minimum absolute atomic E-state index is 0.242. The van der Waals surface area contributed by atoms with Crippen molar-refractivity contribution in [2.45, 2.75) is 32.4 Å². The lowest BCUT2D eigenvalue weighted by Crippen LogP contribution is -2.46. The Hall–Kier alpha value is -0.220. The standard InChI is InChI=1S/C9H17NO2S/c1-6(2)10-8(9(11)12)7-3-4-13-5-7/h6-8,10H,3-5H2,1-2H3,(H,11,12). The molecule has 1 heterocycles. The van der Waals surface area contributed by atoms with Gasteiger partial charge in [-0.1, -0.05) is 13.8 Å². The van der Waals surface area contributed by atoms with Crippen LogP contribution in [-0.2, 0) is 4.79 Å². The Labute approximate surface area is 83.3 Å². The molecule has 0 aromatic carbocycles. The van der Waals surface area contributed by atoms with Crippen molar-refractivity contribution in [1.29, 1.82) is 0 Å². The quantitative estimate of drug-likeness (QED) is 0.720. The summed E-state index contributed by atoms with van der Waals surface area (Å²) in [4.78, 5) is 11.0. The molecule has 2 unspecified atom stereocenters. The van der Waals surface area contributed by atoms with E-state index in [-0.39, 0.29) is 12.1 Å². The van der Waals surface area contributed by atoms with Crippen LogP contribution in [0, 0.1) is 5.92 Å². The van der Waals surface area contributed by atoms with Crippen molar-refractivity contribution in [3.63, 3.8) is 0 Å². The van der Waals surface area contributed by atoms with Crippen molar-refractivity contribution in [2.75, 3.05) is 11.5 Å². The molecule has 2 N–H and O–H groups in total. The highest BCUT2D eigenvalue weighted by molar-refractivity contribution is 7.99. The van der Waals surface area contributed by atoms with Crippen LogP contribution in [0.2, 0.25) is 0 Å². The molecule has 76 valence electrons. The van der Waals surface area contributed by atoms with E-state index < -0.39 is 5.97 Å². The van der Waals surface area contributed by atoms with Crippen molar-refractivity contribution < 1.29 is 9.90 Å². The van der Waals surface area contributed by atoms with Crippen molar-refractivity contribution in [2.24, 2.45) is 5.92 Å². The van der Waals surface area contributed by atoms with Gasteiger partial charge in [-0.15, -0.1) is 0 Å². The molecule has 1 aliphatic heterocycles. The highest BCUT2D eigenvalue weighted by Gasteiger charge is 2.30. The second kappa shape index (κ2) is 4.86. The molecule has 2 atom stereocenters.